The number of thiophene rings is 1. The lowest BCUT2D eigenvalue weighted by Crippen LogP contribution is -2.15. The van der Waals surface area contributed by atoms with Gasteiger partial charge < -0.3 is 14.6 Å². The fourth-order valence-corrected chi connectivity index (χ4v) is 2.80. The summed E-state index contributed by atoms with van der Waals surface area (Å²) in [7, 11) is 0. The van der Waals surface area contributed by atoms with Crippen LogP contribution in [0.15, 0.2) is 35.7 Å². The van der Waals surface area contributed by atoms with Crippen LogP contribution in [0.4, 0.5) is 0 Å². The van der Waals surface area contributed by atoms with Crippen LogP contribution < -0.4 is 9.47 Å². The van der Waals surface area contributed by atoms with Crippen molar-refractivity contribution in [2.45, 2.75) is 6.10 Å². The Balaban J connectivity index is 1.97. The highest BCUT2D eigenvalue weighted by Crippen LogP contribution is 2.44. The molecule has 1 aromatic heterocycles. The van der Waals surface area contributed by atoms with Crippen molar-refractivity contribution >= 4 is 11.3 Å². The number of ether oxygens (including phenoxy) is 2. The first kappa shape index (κ1) is 10.6. The highest BCUT2D eigenvalue weighted by atomic mass is 32.1. The molecule has 0 spiro atoms. The Morgan fingerprint density at radius 2 is 1.88 bits per heavy atom. The highest BCUT2D eigenvalue weighted by molar-refractivity contribution is 7.10. The maximum Gasteiger partial charge on any atom is 0.178 e. The smallest absolute Gasteiger partial charge is 0.178 e. The van der Waals surface area contributed by atoms with Crippen LogP contribution in [0.5, 0.6) is 11.5 Å². The van der Waals surface area contributed by atoms with Gasteiger partial charge >= 0.3 is 0 Å². The lowest BCUT2D eigenvalue weighted by molar-refractivity contribution is 0.162. The van der Waals surface area contributed by atoms with E-state index in [1.807, 2.05) is 35.7 Å². The zero-order chi connectivity index (χ0) is 11.7. The molecule has 0 amide bonds. The lowest BCUT2D eigenvalue weighted by Gasteiger charge is -2.18. The van der Waals surface area contributed by atoms with Crippen LogP contribution in [0.1, 0.15) is 16.5 Å². The van der Waals surface area contributed by atoms with Crippen molar-refractivity contribution < 1.29 is 14.6 Å². The summed E-state index contributed by atoms with van der Waals surface area (Å²) in [5.41, 5.74) is 0.867. The van der Waals surface area contributed by atoms with E-state index < -0.39 is 6.10 Å². The first-order valence-electron chi connectivity index (χ1n) is 5.46. The fourth-order valence-electron chi connectivity index (χ4n) is 1.86. The molecule has 0 radical (unpaired) electrons. The molecule has 0 saturated heterocycles. The van der Waals surface area contributed by atoms with Gasteiger partial charge in [0.25, 0.3) is 0 Å². The number of rotatable bonds is 2. The highest BCUT2D eigenvalue weighted by Gasteiger charge is 2.24. The van der Waals surface area contributed by atoms with E-state index in [1.165, 1.54) is 11.3 Å². The minimum absolute atomic E-state index is 0.540. The molecule has 17 heavy (non-hydrogen) atoms. The predicted octanol–water partition coefficient (Wildman–Crippen LogP) is 2.60. The van der Waals surface area contributed by atoms with E-state index >= 15 is 0 Å². The van der Waals surface area contributed by atoms with Crippen LogP contribution in [-0.2, 0) is 0 Å². The maximum atomic E-state index is 10.3. The Labute approximate surface area is 103 Å². The Morgan fingerprint density at radius 3 is 2.71 bits per heavy atom. The van der Waals surface area contributed by atoms with Crippen molar-refractivity contribution in [1.82, 2.24) is 0 Å². The molecule has 1 aliphatic heterocycles. The average Bonchev–Trinajstić information content (AvgIpc) is 2.83. The second-order valence-corrected chi connectivity index (χ2v) is 4.71. The molecule has 1 unspecified atom stereocenters. The summed E-state index contributed by atoms with van der Waals surface area (Å²) in [5.74, 6) is 1.43. The van der Waals surface area contributed by atoms with Gasteiger partial charge in [0, 0.05) is 5.38 Å². The summed E-state index contributed by atoms with van der Waals surface area (Å²) in [6, 6.07) is 9.56. The number of hydrogen-bond acceptors (Lipinski definition) is 4. The van der Waals surface area contributed by atoms with Gasteiger partial charge in [0.2, 0.25) is 0 Å². The van der Waals surface area contributed by atoms with Gasteiger partial charge in [-0.1, -0.05) is 30.3 Å². The van der Waals surface area contributed by atoms with E-state index in [0.717, 1.165) is 16.2 Å². The molecule has 0 aliphatic carbocycles. The first-order valence-corrected chi connectivity index (χ1v) is 6.34. The number of fused-ring (bicyclic) bond motifs is 1. The SMILES string of the molecule is OC(c1ccccc1)c1scc2c1OCCO2. The zero-order valence-electron chi connectivity index (χ0n) is 9.13. The van der Waals surface area contributed by atoms with Crippen LogP contribution >= 0.6 is 11.3 Å². The van der Waals surface area contributed by atoms with E-state index in [-0.39, 0.29) is 0 Å². The number of benzene rings is 1. The molecular weight excluding hydrogens is 236 g/mol. The quantitative estimate of drug-likeness (QED) is 0.887. The molecule has 1 atom stereocenters. The summed E-state index contributed by atoms with van der Waals surface area (Å²) in [6.45, 7) is 1.11. The van der Waals surface area contributed by atoms with Gasteiger partial charge in [-0.05, 0) is 5.56 Å². The largest absolute Gasteiger partial charge is 0.485 e. The van der Waals surface area contributed by atoms with E-state index in [0.29, 0.717) is 19.0 Å². The minimum Gasteiger partial charge on any atom is -0.485 e. The summed E-state index contributed by atoms with van der Waals surface area (Å²) in [6.07, 6.45) is -0.647. The van der Waals surface area contributed by atoms with Crippen molar-refractivity contribution in [3.05, 3.63) is 46.2 Å². The number of hydrogen-bond donors (Lipinski definition) is 1. The van der Waals surface area contributed by atoms with Gasteiger partial charge in [-0.2, -0.15) is 0 Å². The average molecular weight is 248 g/mol. The monoisotopic (exact) mass is 248 g/mol. The Bertz CT molecular complexity index is 507. The van der Waals surface area contributed by atoms with E-state index in [9.17, 15) is 5.11 Å². The minimum atomic E-state index is -0.647. The molecule has 0 saturated carbocycles. The summed E-state index contributed by atoms with van der Waals surface area (Å²) < 4.78 is 11.0. The topological polar surface area (TPSA) is 38.7 Å². The van der Waals surface area contributed by atoms with Gasteiger partial charge in [-0.15, -0.1) is 11.3 Å². The molecule has 2 aromatic rings. The third-order valence-electron chi connectivity index (χ3n) is 2.69. The predicted molar refractivity (Wildman–Crippen MR) is 65.8 cm³/mol. The van der Waals surface area contributed by atoms with Gasteiger partial charge in [0.15, 0.2) is 11.5 Å². The summed E-state index contributed by atoms with van der Waals surface area (Å²) in [5, 5.41) is 12.2. The third-order valence-corrected chi connectivity index (χ3v) is 3.69. The molecule has 3 rings (SSSR count). The number of aliphatic hydroxyl groups excluding tert-OH is 1. The van der Waals surface area contributed by atoms with E-state index in [2.05, 4.69) is 0 Å². The zero-order valence-corrected chi connectivity index (χ0v) is 9.94. The van der Waals surface area contributed by atoms with Crippen LogP contribution in [0.3, 0.4) is 0 Å². The Kier molecular flexibility index (Phi) is 2.74. The molecule has 1 aromatic carbocycles. The molecule has 88 valence electrons. The van der Waals surface area contributed by atoms with Gasteiger partial charge in [-0.3, -0.25) is 0 Å². The molecule has 3 nitrogen and oxygen atoms in total. The van der Waals surface area contributed by atoms with E-state index in [1.54, 1.807) is 0 Å². The second kappa shape index (κ2) is 4.39. The maximum absolute atomic E-state index is 10.3. The van der Waals surface area contributed by atoms with Crippen molar-refractivity contribution in [1.29, 1.82) is 0 Å². The van der Waals surface area contributed by atoms with Crippen molar-refractivity contribution in [2.24, 2.45) is 0 Å². The molecular formula is C13H12O3S. The Hall–Kier alpha value is -1.52. The fraction of sp³-hybridized carbons (Fsp3) is 0.231. The van der Waals surface area contributed by atoms with Gasteiger partial charge in [0.05, 0.1) is 4.88 Å². The van der Waals surface area contributed by atoms with Crippen LogP contribution in [0.2, 0.25) is 0 Å². The van der Waals surface area contributed by atoms with Crippen molar-refractivity contribution in [3.8, 4) is 11.5 Å². The summed E-state index contributed by atoms with van der Waals surface area (Å²) >= 11 is 1.47. The van der Waals surface area contributed by atoms with Gasteiger partial charge in [-0.25, -0.2) is 0 Å². The third kappa shape index (κ3) is 1.90. The normalized spacial score (nSPS) is 15.6. The molecule has 4 heteroatoms. The molecule has 1 aliphatic rings. The lowest BCUT2D eigenvalue weighted by atomic mass is 10.1. The molecule has 0 fully saturated rings. The molecule has 1 N–H and O–H groups in total. The second-order valence-electron chi connectivity index (χ2n) is 3.80. The number of aliphatic hydroxyl groups is 1. The van der Waals surface area contributed by atoms with Crippen molar-refractivity contribution in [2.75, 3.05) is 13.2 Å². The van der Waals surface area contributed by atoms with Crippen LogP contribution in [0, 0.1) is 0 Å². The first-order chi connectivity index (χ1) is 8.36. The van der Waals surface area contributed by atoms with Crippen LogP contribution in [-0.4, -0.2) is 18.3 Å². The Morgan fingerprint density at radius 1 is 1.12 bits per heavy atom. The van der Waals surface area contributed by atoms with Gasteiger partial charge in [0.1, 0.15) is 19.3 Å². The van der Waals surface area contributed by atoms with Crippen molar-refractivity contribution in [3.63, 3.8) is 0 Å². The molecule has 0 bridgehead atoms. The standard InChI is InChI=1S/C13H12O3S/c14-11(9-4-2-1-3-5-9)13-12-10(8-17-13)15-6-7-16-12/h1-5,8,11,14H,6-7H2. The van der Waals surface area contributed by atoms with E-state index in [4.69, 9.17) is 9.47 Å². The molecule has 2 heterocycles. The van der Waals surface area contributed by atoms with Crippen LogP contribution in [0.25, 0.3) is 0 Å². The summed E-state index contributed by atoms with van der Waals surface area (Å²) in [4.78, 5) is 0.811.